The molecule has 2 aromatic carbocycles. The highest BCUT2D eigenvalue weighted by molar-refractivity contribution is 6.34. The van der Waals surface area contributed by atoms with E-state index in [9.17, 15) is 14.9 Å². The second kappa shape index (κ2) is 4.86. The molecule has 0 spiro atoms. The van der Waals surface area contributed by atoms with Crippen LogP contribution in [0.1, 0.15) is 18.1 Å². The molecule has 3 rings (SSSR count). The SMILES string of the molecule is CC(=O)Nc1c(Cl)ccc2c1Cc1cc([N+](=O)[O-])ccc1-2. The maximum atomic E-state index is 11.3. The van der Waals surface area contributed by atoms with Crippen LogP contribution in [0.2, 0.25) is 5.02 Å². The maximum absolute atomic E-state index is 11.3. The van der Waals surface area contributed by atoms with Crippen molar-refractivity contribution in [1.82, 2.24) is 0 Å². The van der Waals surface area contributed by atoms with Crippen LogP contribution in [0, 0.1) is 10.1 Å². The highest BCUT2D eigenvalue weighted by Gasteiger charge is 2.25. The largest absolute Gasteiger partial charge is 0.325 e. The molecule has 6 heteroatoms. The fourth-order valence-corrected chi connectivity index (χ4v) is 2.88. The van der Waals surface area contributed by atoms with Crippen molar-refractivity contribution in [3.05, 3.63) is 56.6 Å². The molecule has 0 saturated carbocycles. The Labute approximate surface area is 125 Å². The van der Waals surface area contributed by atoms with Crippen molar-refractivity contribution in [1.29, 1.82) is 0 Å². The van der Waals surface area contributed by atoms with E-state index in [1.165, 1.54) is 13.0 Å². The monoisotopic (exact) mass is 302 g/mol. The fourth-order valence-electron chi connectivity index (χ4n) is 2.66. The van der Waals surface area contributed by atoms with Gasteiger partial charge in [-0.15, -0.1) is 0 Å². The number of anilines is 1. The first kappa shape index (κ1) is 13.6. The number of carbonyl (C=O) groups excluding carboxylic acids is 1. The van der Waals surface area contributed by atoms with Crippen LogP contribution in [0.5, 0.6) is 0 Å². The van der Waals surface area contributed by atoms with Gasteiger partial charge in [-0.05, 0) is 34.4 Å². The number of hydrogen-bond donors (Lipinski definition) is 1. The number of nitrogens with zero attached hydrogens (tertiary/aromatic N) is 1. The lowest BCUT2D eigenvalue weighted by Crippen LogP contribution is -2.08. The first-order valence-electron chi connectivity index (χ1n) is 6.34. The van der Waals surface area contributed by atoms with E-state index in [1.807, 2.05) is 6.07 Å². The zero-order valence-electron chi connectivity index (χ0n) is 11.1. The van der Waals surface area contributed by atoms with Crippen LogP contribution in [0.25, 0.3) is 11.1 Å². The Kier molecular flexibility index (Phi) is 3.14. The molecule has 2 aromatic rings. The Morgan fingerprint density at radius 3 is 2.67 bits per heavy atom. The summed E-state index contributed by atoms with van der Waals surface area (Å²) in [6.45, 7) is 1.42. The second-order valence-electron chi connectivity index (χ2n) is 4.91. The molecule has 0 atom stereocenters. The molecule has 0 radical (unpaired) electrons. The molecule has 0 aliphatic heterocycles. The molecule has 0 unspecified atom stereocenters. The Balaban J connectivity index is 2.14. The first-order chi connectivity index (χ1) is 9.97. The molecule has 1 aliphatic rings. The number of carbonyl (C=O) groups is 1. The van der Waals surface area contributed by atoms with E-state index >= 15 is 0 Å². The van der Waals surface area contributed by atoms with Crippen molar-refractivity contribution in [3.8, 4) is 11.1 Å². The summed E-state index contributed by atoms with van der Waals surface area (Å²) in [5.74, 6) is -0.202. The molecule has 1 amide bonds. The summed E-state index contributed by atoms with van der Waals surface area (Å²) < 4.78 is 0. The highest BCUT2D eigenvalue weighted by atomic mass is 35.5. The third-order valence-electron chi connectivity index (χ3n) is 3.52. The summed E-state index contributed by atoms with van der Waals surface area (Å²) in [5, 5.41) is 14.1. The van der Waals surface area contributed by atoms with Crippen molar-refractivity contribution in [2.45, 2.75) is 13.3 Å². The Hall–Kier alpha value is -2.40. The molecule has 1 N–H and O–H groups in total. The molecular weight excluding hydrogens is 292 g/mol. The molecule has 0 fully saturated rings. The van der Waals surface area contributed by atoms with Crippen LogP contribution in [0.3, 0.4) is 0 Å². The van der Waals surface area contributed by atoms with E-state index in [0.29, 0.717) is 17.1 Å². The Bertz CT molecular complexity index is 787. The summed E-state index contributed by atoms with van der Waals surface area (Å²) in [5.41, 5.74) is 4.31. The number of nitro groups is 1. The molecule has 106 valence electrons. The third-order valence-corrected chi connectivity index (χ3v) is 3.84. The average Bonchev–Trinajstić information content (AvgIpc) is 2.79. The van der Waals surface area contributed by atoms with Crippen LogP contribution in [0.4, 0.5) is 11.4 Å². The highest BCUT2D eigenvalue weighted by Crippen LogP contribution is 2.44. The van der Waals surface area contributed by atoms with Gasteiger partial charge in [-0.25, -0.2) is 0 Å². The molecular formula is C15H11ClN2O3. The van der Waals surface area contributed by atoms with Crippen LogP contribution < -0.4 is 5.32 Å². The van der Waals surface area contributed by atoms with Crippen LogP contribution >= 0.6 is 11.6 Å². The van der Waals surface area contributed by atoms with Crippen molar-refractivity contribution in [2.75, 3.05) is 5.32 Å². The van der Waals surface area contributed by atoms with Crippen molar-refractivity contribution in [3.63, 3.8) is 0 Å². The van der Waals surface area contributed by atoms with Gasteiger partial charge in [-0.1, -0.05) is 17.7 Å². The zero-order valence-corrected chi connectivity index (χ0v) is 11.9. The quantitative estimate of drug-likeness (QED) is 0.578. The normalized spacial score (nSPS) is 11.7. The van der Waals surface area contributed by atoms with Gasteiger partial charge in [-0.2, -0.15) is 0 Å². The summed E-state index contributed by atoms with van der Waals surface area (Å²) in [7, 11) is 0. The van der Waals surface area contributed by atoms with E-state index in [1.54, 1.807) is 18.2 Å². The molecule has 0 aromatic heterocycles. The van der Waals surface area contributed by atoms with Gasteiger partial charge in [0.05, 0.1) is 15.6 Å². The minimum atomic E-state index is -0.412. The smallest absolute Gasteiger partial charge is 0.269 e. The number of fused-ring (bicyclic) bond motifs is 3. The summed E-state index contributed by atoms with van der Waals surface area (Å²) in [4.78, 5) is 21.8. The lowest BCUT2D eigenvalue weighted by molar-refractivity contribution is -0.384. The topological polar surface area (TPSA) is 72.2 Å². The Morgan fingerprint density at radius 2 is 2.00 bits per heavy atom. The fraction of sp³-hybridized carbons (Fsp3) is 0.133. The van der Waals surface area contributed by atoms with Gasteiger partial charge < -0.3 is 5.32 Å². The number of amides is 1. The molecule has 5 nitrogen and oxygen atoms in total. The van der Waals surface area contributed by atoms with Gasteiger partial charge in [0.1, 0.15) is 0 Å². The van der Waals surface area contributed by atoms with Crippen LogP contribution in [0.15, 0.2) is 30.3 Å². The lowest BCUT2D eigenvalue weighted by atomic mass is 10.0. The molecule has 0 heterocycles. The second-order valence-corrected chi connectivity index (χ2v) is 5.31. The number of hydrogen-bond acceptors (Lipinski definition) is 3. The van der Waals surface area contributed by atoms with Gasteiger partial charge in [0.15, 0.2) is 0 Å². The third kappa shape index (κ3) is 2.25. The van der Waals surface area contributed by atoms with E-state index in [4.69, 9.17) is 11.6 Å². The number of nitro benzene ring substituents is 1. The van der Waals surface area contributed by atoms with Gasteiger partial charge in [-0.3, -0.25) is 14.9 Å². The number of halogens is 1. The van der Waals surface area contributed by atoms with Crippen molar-refractivity contribution < 1.29 is 9.72 Å². The zero-order chi connectivity index (χ0) is 15.1. The predicted molar refractivity (Wildman–Crippen MR) is 80.7 cm³/mol. The average molecular weight is 303 g/mol. The van der Waals surface area contributed by atoms with Crippen molar-refractivity contribution in [2.24, 2.45) is 0 Å². The Morgan fingerprint density at radius 1 is 1.29 bits per heavy atom. The number of rotatable bonds is 2. The number of non-ortho nitro benzene ring substituents is 1. The molecule has 0 saturated heterocycles. The molecule has 0 bridgehead atoms. The standard InChI is InChI=1S/C15H11ClN2O3/c1-8(19)17-15-13-7-9-6-10(18(20)21)2-3-11(9)12(13)4-5-14(15)16/h2-6H,7H2,1H3,(H,17,19). The lowest BCUT2D eigenvalue weighted by Gasteiger charge is -2.11. The number of nitrogens with one attached hydrogen (secondary N) is 1. The van der Waals surface area contributed by atoms with E-state index in [-0.39, 0.29) is 11.6 Å². The first-order valence-corrected chi connectivity index (χ1v) is 6.72. The van der Waals surface area contributed by atoms with E-state index < -0.39 is 4.92 Å². The van der Waals surface area contributed by atoms with E-state index in [0.717, 1.165) is 22.3 Å². The van der Waals surface area contributed by atoms with Crippen LogP contribution in [-0.4, -0.2) is 10.8 Å². The van der Waals surface area contributed by atoms with Gasteiger partial charge in [0, 0.05) is 25.5 Å². The summed E-state index contributed by atoms with van der Waals surface area (Å²) >= 11 is 6.15. The van der Waals surface area contributed by atoms with Crippen molar-refractivity contribution >= 4 is 28.9 Å². The van der Waals surface area contributed by atoms with Gasteiger partial charge in [0.25, 0.3) is 5.69 Å². The van der Waals surface area contributed by atoms with Gasteiger partial charge >= 0.3 is 0 Å². The van der Waals surface area contributed by atoms with E-state index in [2.05, 4.69) is 5.32 Å². The molecule has 21 heavy (non-hydrogen) atoms. The summed E-state index contributed by atoms with van der Waals surface area (Å²) in [6.07, 6.45) is 0.516. The van der Waals surface area contributed by atoms with Crippen LogP contribution in [-0.2, 0) is 11.2 Å². The predicted octanol–water partition coefficient (Wildman–Crippen LogP) is 3.78. The summed E-state index contributed by atoms with van der Waals surface area (Å²) in [6, 6.07) is 8.40. The maximum Gasteiger partial charge on any atom is 0.269 e. The minimum absolute atomic E-state index is 0.0636. The minimum Gasteiger partial charge on any atom is -0.325 e. The molecule has 1 aliphatic carbocycles. The van der Waals surface area contributed by atoms with Gasteiger partial charge in [0.2, 0.25) is 5.91 Å². The number of benzene rings is 2.